The van der Waals surface area contributed by atoms with Crippen LogP contribution < -0.4 is 0 Å². The molecule has 0 aliphatic carbocycles. The molecule has 0 aromatic carbocycles. The topological polar surface area (TPSA) is 40.6 Å². The van der Waals surface area contributed by atoms with Crippen molar-refractivity contribution in [3.05, 3.63) is 24.8 Å². The van der Waals surface area contributed by atoms with Crippen molar-refractivity contribution in [3.63, 3.8) is 0 Å². The predicted octanol–water partition coefficient (Wildman–Crippen LogP) is 2.76. The molecule has 1 aliphatic heterocycles. The number of likely N-dealkylation sites (tertiary alicyclic amines) is 1. The van der Waals surface area contributed by atoms with Gasteiger partial charge >= 0.3 is 0 Å². The first kappa shape index (κ1) is 17.5. The average Bonchev–Trinajstić information content (AvgIpc) is 2.34. The Morgan fingerprint density at radius 3 is 2.05 bits per heavy atom. The fourth-order valence-corrected chi connectivity index (χ4v) is 3.64. The van der Waals surface area contributed by atoms with Gasteiger partial charge in [-0.05, 0) is 59.6 Å². The second-order valence-electron chi connectivity index (χ2n) is 7.01. The summed E-state index contributed by atoms with van der Waals surface area (Å²) in [6.07, 6.45) is 6.25. The van der Waals surface area contributed by atoms with E-state index in [0.29, 0.717) is 0 Å². The molecule has 0 atom stereocenters. The minimum absolute atomic E-state index is 0.0312. The van der Waals surface area contributed by atoms with Crippen molar-refractivity contribution in [2.45, 2.75) is 64.6 Å². The zero-order valence-electron chi connectivity index (χ0n) is 14.1. The normalized spacial score (nSPS) is 21.3. The zero-order valence-corrected chi connectivity index (χ0v) is 14.1. The van der Waals surface area contributed by atoms with Crippen LogP contribution in [0, 0.1) is 0 Å². The number of hydrogen-bond acceptors (Lipinski definition) is 2. The molecule has 4 nitrogen and oxygen atoms in total. The van der Waals surface area contributed by atoms with Gasteiger partial charge in [-0.1, -0.05) is 12.7 Å². The van der Waals surface area contributed by atoms with Crippen molar-refractivity contribution in [1.29, 1.82) is 0 Å². The van der Waals surface area contributed by atoms with Crippen LogP contribution >= 0.6 is 0 Å². The van der Waals surface area contributed by atoms with Gasteiger partial charge in [-0.3, -0.25) is 9.59 Å². The summed E-state index contributed by atoms with van der Waals surface area (Å²) in [6, 6.07) is 0.107. The number of nitrogens with zero attached hydrogens (tertiary/aromatic N) is 2. The second-order valence-corrected chi connectivity index (χ2v) is 7.01. The van der Waals surface area contributed by atoms with Crippen molar-refractivity contribution in [2.75, 3.05) is 7.05 Å². The minimum atomic E-state index is -0.307. The Labute approximate surface area is 128 Å². The molecule has 0 spiro atoms. The number of carbonyl (C=O) groups is 2. The van der Waals surface area contributed by atoms with Crippen LogP contribution in [-0.2, 0) is 9.59 Å². The molecule has 0 aromatic heterocycles. The van der Waals surface area contributed by atoms with Crippen LogP contribution in [0.1, 0.15) is 47.5 Å². The molecular weight excluding hydrogens is 264 g/mol. The molecule has 21 heavy (non-hydrogen) atoms. The summed E-state index contributed by atoms with van der Waals surface area (Å²) in [7, 11) is 1.81. The maximum absolute atomic E-state index is 12.4. The number of allylic oxidation sites excluding steroid dienone is 1. The Balaban J connectivity index is 3.10. The molecule has 0 saturated carbocycles. The van der Waals surface area contributed by atoms with Crippen LogP contribution in [0.15, 0.2) is 24.8 Å². The van der Waals surface area contributed by atoms with E-state index in [-0.39, 0.29) is 28.9 Å². The van der Waals surface area contributed by atoms with Gasteiger partial charge < -0.3 is 9.80 Å². The quantitative estimate of drug-likeness (QED) is 0.750. The molecule has 0 N–H and O–H groups in total. The van der Waals surface area contributed by atoms with Crippen LogP contribution in [0.4, 0.5) is 0 Å². The van der Waals surface area contributed by atoms with Gasteiger partial charge in [-0.2, -0.15) is 0 Å². The van der Waals surface area contributed by atoms with Gasteiger partial charge in [0, 0.05) is 24.2 Å². The molecule has 4 heteroatoms. The standard InChI is InChI=1S/C17H28N2O2/c1-8-10-15(21)19-16(3,4)11-13(12-17(19,5)6)18(7)14(20)9-2/h8-10,13H,2,11-12H2,1,3-7H3. The van der Waals surface area contributed by atoms with Gasteiger partial charge in [0.25, 0.3) is 0 Å². The largest absolute Gasteiger partial charge is 0.339 e. The number of piperidine rings is 1. The molecule has 0 bridgehead atoms. The summed E-state index contributed by atoms with van der Waals surface area (Å²) >= 11 is 0. The van der Waals surface area contributed by atoms with E-state index < -0.39 is 0 Å². The molecule has 1 rings (SSSR count). The Kier molecular flexibility index (Phi) is 5.03. The Morgan fingerprint density at radius 1 is 1.19 bits per heavy atom. The molecule has 0 radical (unpaired) electrons. The number of carbonyl (C=O) groups excluding carboxylic acids is 2. The van der Waals surface area contributed by atoms with E-state index in [1.165, 1.54) is 6.08 Å². The molecule has 1 heterocycles. The van der Waals surface area contributed by atoms with Crippen LogP contribution in [0.25, 0.3) is 0 Å². The minimum Gasteiger partial charge on any atom is -0.339 e. The highest BCUT2D eigenvalue weighted by Crippen LogP contribution is 2.40. The predicted molar refractivity (Wildman–Crippen MR) is 85.8 cm³/mol. The third-order valence-electron chi connectivity index (χ3n) is 4.28. The smallest absolute Gasteiger partial charge is 0.247 e. The Bertz CT molecular complexity index is 445. The van der Waals surface area contributed by atoms with Gasteiger partial charge in [0.2, 0.25) is 11.8 Å². The van der Waals surface area contributed by atoms with Gasteiger partial charge in [0.1, 0.15) is 0 Å². The Hall–Kier alpha value is -1.58. The maximum atomic E-state index is 12.4. The summed E-state index contributed by atoms with van der Waals surface area (Å²) in [5, 5.41) is 0. The lowest BCUT2D eigenvalue weighted by molar-refractivity contribution is -0.148. The van der Waals surface area contributed by atoms with Crippen LogP contribution in [0.5, 0.6) is 0 Å². The van der Waals surface area contributed by atoms with Crippen LogP contribution in [-0.4, -0.2) is 45.8 Å². The van der Waals surface area contributed by atoms with Gasteiger partial charge in [-0.25, -0.2) is 0 Å². The second kappa shape index (κ2) is 6.04. The molecule has 1 fully saturated rings. The van der Waals surface area contributed by atoms with E-state index in [1.807, 2.05) is 18.9 Å². The molecule has 0 unspecified atom stereocenters. The SMILES string of the molecule is C=CC(=O)N(C)C1CC(C)(C)N(C(=O)C=CC)C(C)(C)C1. The number of likely N-dealkylation sites (N-methyl/N-ethyl adjacent to an activating group) is 1. The van der Waals surface area contributed by atoms with Crippen molar-refractivity contribution >= 4 is 11.8 Å². The molecule has 2 amide bonds. The first-order chi connectivity index (χ1) is 9.56. The van der Waals surface area contributed by atoms with Crippen LogP contribution in [0.2, 0.25) is 0 Å². The summed E-state index contributed by atoms with van der Waals surface area (Å²) in [4.78, 5) is 28.0. The van der Waals surface area contributed by atoms with E-state index in [2.05, 4.69) is 34.3 Å². The lowest BCUT2D eigenvalue weighted by Gasteiger charge is -2.56. The number of hydrogen-bond donors (Lipinski definition) is 0. The highest BCUT2D eigenvalue weighted by Gasteiger charge is 2.48. The average molecular weight is 292 g/mol. The van der Waals surface area contributed by atoms with E-state index >= 15 is 0 Å². The molecule has 1 saturated heterocycles. The molecular formula is C17H28N2O2. The fraction of sp³-hybridized carbons (Fsp3) is 0.647. The molecule has 118 valence electrons. The zero-order chi connectivity index (χ0) is 16.4. The van der Waals surface area contributed by atoms with Gasteiger partial charge in [0.05, 0.1) is 0 Å². The summed E-state index contributed by atoms with van der Waals surface area (Å²) in [5.74, 6) is -0.0384. The summed E-state index contributed by atoms with van der Waals surface area (Å²) in [5.41, 5.74) is -0.614. The van der Waals surface area contributed by atoms with E-state index in [0.717, 1.165) is 12.8 Å². The van der Waals surface area contributed by atoms with E-state index in [9.17, 15) is 9.59 Å². The van der Waals surface area contributed by atoms with Gasteiger partial charge in [0.15, 0.2) is 0 Å². The maximum Gasteiger partial charge on any atom is 0.247 e. The third kappa shape index (κ3) is 3.55. The van der Waals surface area contributed by atoms with Gasteiger partial charge in [-0.15, -0.1) is 0 Å². The first-order valence-corrected chi connectivity index (χ1v) is 7.43. The highest BCUT2D eigenvalue weighted by molar-refractivity contribution is 5.89. The van der Waals surface area contributed by atoms with Crippen molar-refractivity contribution in [3.8, 4) is 0 Å². The van der Waals surface area contributed by atoms with Crippen molar-refractivity contribution in [2.24, 2.45) is 0 Å². The monoisotopic (exact) mass is 292 g/mol. The molecule has 1 aliphatic rings. The number of rotatable bonds is 3. The fourth-order valence-electron chi connectivity index (χ4n) is 3.64. The lowest BCUT2D eigenvalue weighted by Crippen LogP contribution is -2.65. The van der Waals surface area contributed by atoms with Crippen molar-refractivity contribution in [1.82, 2.24) is 9.80 Å². The lowest BCUT2D eigenvalue weighted by atomic mass is 9.76. The number of amides is 2. The highest BCUT2D eigenvalue weighted by atomic mass is 16.2. The van der Waals surface area contributed by atoms with E-state index in [4.69, 9.17) is 0 Å². The summed E-state index contributed by atoms with van der Waals surface area (Å²) < 4.78 is 0. The van der Waals surface area contributed by atoms with E-state index in [1.54, 1.807) is 17.1 Å². The molecule has 0 aromatic rings. The Morgan fingerprint density at radius 2 is 1.67 bits per heavy atom. The van der Waals surface area contributed by atoms with Crippen molar-refractivity contribution < 1.29 is 9.59 Å². The first-order valence-electron chi connectivity index (χ1n) is 7.43. The summed E-state index contributed by atoms with van der Waals surface area (Å²) in [6.45, 7) is 13.7. The van der Waals surface area contributed by atoms with Crippen LogP contribution in [0.3, 0.4) is 0 Å². The third-order valence-corrected chi connectivity index (χ3v) is 4.28.